The lowest BCUT2D eigenvalue weighted by molar-refractivity contribution is 0.285. The summed E-state index contributed by atoms with van der Waals surface area (Å²) in [7, 11) is 0. The van der Waals surface area contributed by atoms with Gasteiger partial charge in [0.25, 0.3) is 0 Å². The van der Waals surface area contributed by atoms with Crippen molar-refractivity contribution in [3.8, 4) is 5.75 Å². The lowest BCUT2D eigenvalue weighted by Gasteiger charge is -2.14. The molecule has 2 nitrogen and oxygen atoms in total. The van der Waals surface area contributed by atoms with Crippen LogP contribution in [-0.4, -0.2) is 6.61 Å². The van der Waals surface area contributed by atoms with Crippen molar-refractivity contribution in [3.05, 3.63) is 29.6 Å². The summed E-state index contributed by atoms with van der Waals surface area (Å²) in [4.78, 5) is 0. The number of hydrogen-bond donors (Lipinski definition) is 1. The first-order chi connectivity index (χ1) is 8.66. The molecular weight excluding hydrogens is 229 g/mol. The van der Waals surface area contributed by atoms with Crippen LogP contribution in [0.2, 0.25) is 0 Å². The van der Waals surface area contributed by atoms with Crippen LogP contribution in [0.25, 0.3) is 0 Å². The molecule has 1 aromatic rings. The Morgan fingerprint density at radius 2 is 1.94 bits per heavy atom. The molecule has 0 saturated heterocycles. The third kappa shape index (κ3) is 4.65. The molecule has 0 bridgehead atoms. The molecule has 102 valence electrons. The zero-order valence-electron chi connectivity index (χ0n) is 11.4. The Morgan fingerprint density at radius 1 is 1.22 bits per heavy atom. The minimum Gasteiger partial charge on any atom is -0.490 e. The zero-order chi connectivity index (χ0) is 13.4. The number of benzene rings is 1. The number of unbranched alkanes of at least 4 members (excludes halogenated alkanes) is 4. The van der Waals surface area contributed by atoms with E-state index >= 15 is 0 Å². The predicted octanol–water partition coefficient (Wildman–Crippen LogP) is 4.19. The van der Waals surface area contributed by atoms with Gasteiger partial charge in [-0.25, -0.2) is 4.39 Å². The summed E-state index contributed by atoms with van der Waals surface area (Å²) in [6.07, 6.45) is 5.80. The molecular formula is C15H24FNO. The molecule has 1 unspecified atom stereocenters. The molecule has 1 rings (SSSR count). The second-order valence-corrected chi connectivity index (χ2v) is 4.71. The van der Waals surface area contributed by atoms with Crippen LogP contribution in [0.1, 0.15) is 57.6 Å². The van der Waals surface area contributed by atoms with E-state index in [0.717, 1.165) is 18.4 Å². The van der Waals surface area contributed by atoms with Crippen LogP contribution in [0.5, 0.6) is 5.75 Å². The zero-order valence-corrected chi connectivity index (χ0v) is 11.4. The average molecular weight is 253 g/mol. The second kappa shape index (κ2) is 8.09. The fourth-order valence-electron chi connectivity index (χ4n) is 1.92. The summed E-state index contributed by atoms with van der Waals surface area (Å²) < 4.78 is 19.2. The summed E-state index contributed by atoms with van der Waals surface area (Å²) in [5, 5.41) is 0. The van der Waals surface area contributed by atoms with Crippen molar-refractivity contribution < 1.29 is 9.13 Å². The molecule has 18 heavy (non-hydrogen) atoms. The highest BCUT2D eigenvalue weighted by molar-refractivity contribution is 5.36. The topological polar surface area (TPSA) is 35.2 Å². The Morgan fingerprint density at radius 3 is 2.61 bits per heavy atom. The largest absolute Gasteiger partial charge is 0.490 e. The van der Waals surface area contributed by atoms with E-state index in [0.29, 0.717) is 12.4 Å². The van der Waals surface area contributed by atoms with Gasteiger partial charge < -0.3 is 10.5 Å². The maximum Gasteiger partial charge on any atom is 0.165 e. The van der Waals surface area contributed by atoms with Gasteiger partial charge in [-0.2, -0.15) is 0 Å². The molecule has 0 aliphatic heterocycles. The number of rotatable bonds is 8. The molecule has 0 amide bonds. The third-order valence-corrected chi connectivity index (χ3v) is 2.98. The standard InChI is InChI=1S/C15H24FNO/c1-3-4-5-6-7-11-18-15-13(12(2)17)9-8-10-14(15)16/h8-10,12H,3-7,11,17H2,1-2H3. The van der Waals surface area contributed by atoms with Crippen molar-refractivity contribution in [2.75, 3.05) is 6.61 Å². The number of halogens is 1. The van der Waals surface area contributed by atoms with Crippen LogP contribution in [0.4, 0.5) is 4.39 Å². The number of ether oxygens (including phenoxy) is 1. The van der Waals surface area contributed by atoms with Gasteiger partial charge in [0.2, 0.25) is 0 Å². The van der Waals surface area contributed by atoms with E-state index in [1.54, 1.807) is 6.07 Å². The molecule has 0 aromatic heterocycles. The van der Waals surface area contributed by atoms with E-state index in [1.165, 1.54) is 25.3 Å². The van der Waals surface area contributed by atoms with Gasteiger partial charge >= 0.3 is 0 Å². The summed E-state index contributed by atoms with van der Waals surface area (Å²) in [6, 6.07) is 4.69. The van der Waals surface area contributed by atoms with Gasteiger partial charge in [0.15, 0.2) is 11.6 Å². The Bertz CT molecular complexity index is 352. The Balaban J connectivity index is 2.46. The highest BCUT2D eigenvalue weighted by Gasteiger charge is 2.12. The SMILES string of the molecule is CCCCCCCOc1c(F)cccc1C(C)N. The van der Waals surface area contributed by atoms with E-state index in [-0.39, 0.29) is 11.9 Å². The highest BCUT2D eigenvalue weighted by atomic mass is 19.1. The summed E-state index contributed by atoms with van der Waals surface area (Å²) >= 11 is 0. The molecule has 0 aliphatic rings. The van der Waals surface area contributed by atoms with Gasteiger partial charge in [0, 0.05) is 11.6 Å². The fraction of sp³-hybridized carbons (Fsp3) is 0.600. The van der Waals surface area contributed by atoms with Crippen LogP contribution in [0.3, 0.4) is 0 Å². The minimum absolute atomic E-state index is 0.212. The van der Waals surface area contributed by atoms with Crippen molar-refractivity contribution >= 4 is 0 Å². The second-order valence-electron chi connectivity index (χ2n) is 4.71. The average Bonchev–Trinajstić information content (AvgIpc) is 2.34. The molecule has 1 aromatic carbocycles. The lowest BCUT2D eigenvalue weighted by atomic mass is 10.1. The Hall–Kier alpha value is -1.09. The van der Waals surface area contributed by atoms with E-state index in [1.807, 2.05) is 13.0 Å². The van der Waals surface area contributed by atoms with Crippen LogP contribution in [0.15, 0.2) is 18.2 Å². The monoisotopic (exact) mass is 253 g/mol. The summed E-state index contributed by atoms with van der Waals surface area (Å²) in [5.74, 6) is 0.00125. The molecule has 0 aliphatic carbocycles. The quantitative estimate of drug-likeness (QED) is 0.705. The maximum atomic E-state index is 13.7. The van der Waals surface area contributed by atoms with Crippen LogP contribution < -0.4 is 10.5 Å². The van der Waals surface area contributed by atoms with Gasteiger partial charge in [-0.15, -0.1) is 0 Å². The number of hydrogen-bond acceptors (Lipinski definition) is 2. The van der Waals surface area contributed by atoms with Gasteiger partial charge in [-0.1, -0.05) is 44.7 Å². The smallest absolute Gasteiger partial charge is 0.165 e. The molecule has 1 atom stereocenters. The lowest BCUT2D eigenvalue weighted by Crippen LogP contribution is -2.10. The van der Waals surface area contributed by atoms with Gasteiger partial charge in [0.05, 0.1) is 6.61 Å². The van der Waals surface area contributed by atoms with E-state index in [4.69, 9.17) is 10.5 Å². The molecule has 0 spiro atoms. The fourth-order valence-corrected chi connectivity index (χ4v) is 1.92. The molecule has 0 fully saturated rings. The van der Waals surface area contributed by atoms with E-state index in [9.17, 15) is 4.39 Å². The van der Waals surface area contributed by atoms with Crippen LogP contribution >= 0.6 is 0 Å². The number of nitrogens with two attached hydrogens (primary N) is 1. The predicted molar refractivity (Wildman–Crippen MR) is 73.3 cm³/mol. The van der Waals surface area contributed by atoms with Crippen molar-refractivity contribution in [2.24, 2.45) is 5.73 Å². The first-order valence-electron chi connectivity index (χ1n) is 6.83. The van der Waals surface area contributed by atoms with Gasteiger partial charge in [-0.05, 0) is 19.4 Å². The highest BCUT2D eigenvalue weighted by Crippen LogP contribution is 2.27. The molecule has 3 heteroatoms. The Labute approximate surface area is 109 Å². The molecule has 0 heterocycles. The molecule has 0 radical (unpaired) electrons. The normalized spacial score (nSPS) is 12.4. The van der Waals surface area contributed by atoms with Crippen LogP contribution in [0, 0.1) is 5.82 Å². The van der Waals surface area contributed by atoms with Crippen molar-refractivity contribution in [2.45, 2.75) is 52.0 Å². The first-order valence-corrected chi connectivity index (χ1v) is 6.83. The van der Waals surface area contributed by atoms with Crippen molar-refractivity contribution in [1.82, 2.24) is 0 Å². The number of para-hydroxylation sites is 1. The summed E-state index contributed by atoms with van der Waals surface area (Å²) in [5.41, 5.74) is 6.55. The van der Waals surface area contributed by atoms with E-state index < -0.39 is 0 Å². The van der Waals surface area contributed by atoms with Crippen LogP contribution in [-0.2, 0) is 0 Å². The van der Waals surface area contributed by atoms with Gasteiger partial charge in [-0.3, -0.25) is 0 Å². The Kier molecular flexibility index (Phi) is 6.73. The molecule has 2 N–H and O–H groups in total. The van der Waals surface area contributed by atoms with Crippen molar-refractivity contribution in [3.63, 3.8) is 0 Å². The van der Waals surface area contributed by atoms with Crippen molar-refractivity contribution in [1.29, 1.82) is 0 Å². The minimum atomic E-state index is -0.321. The maximum absolute atomic E-state index is 13.7. The third-order valence-electron chi connectivity index (χ3n) is 2.98. The first kappa shape index (κ1) is 15.0. The van der Waals surface area contributed by atoms with E-state index in [2.05, 4.69) is 6.92 Å². The van der Waals surface area contributed by atoms with Gasteiger partial charge in [0.1, 0.15) is 0 Å². The summed E-state index contributed by atoms with van der Waals surface area (Å²) in [6.45, 7) is 4.58. The molecule has 0 saturated carbocycles.